The molecular weight excluding hydrogens is 435 g/mol. The Balaban J connectivity index is 1.88. The SMILES string of the molecule is Cc1ccc(C(=O)N/C(=C\c2ccc(Br)cc2)C(=O)Nc2cccc(F)c2)cc1. The zero-order valence-electron chi connectivity index (χ0n) is 15.6. The molecule has 3 aromatic carbocycles. The van der Waals surface area contributed by atoms with Crippen molar-refractivity contribution in [2.24, 2.45) is 0 Å². The summed E-state index contributed by atoms with van der Waals surface area (Å²) in [5, 5.41) is 5.26. The molecule has 4 nitrogen and oxygen atoms in total. The van der Waals surface area contributed by atoms with Gasteiger partial charge in [-0.15, -0.1) is 0 Å². The lowest BCUT2D eigenvalue weighted by Crippen LogP contribution is -2.30. The first-order valence-electron chi connectivity index (χ1n) is 8.83. The molecular formula is C23H18BrFN2O2. The first-order valence-corrected chi connectivity index (χ1v) is 9.62. The van der Waals surface area contributed by atoms with Crippen molar-refractivity contribution >= 4 is 39.5 Å². The van der Waals surface area contributed by atoms with Gasteiger partial charge in [-0.05, 0) is 61.0 Å². The molecule has 3 rings (SSSR count). The molecule has 0 aliphatic carbocycles. The van der Waals surface area contributed by atoms with Gasteiger partial charge in [0.1, 0.15) is 11.5 Å². The molecule has 6 heteroatoms. The Labute approximate surface area is 176 Å². The number of benzene rings is 3. The number of rotatable bonds is 5. The summed E-state index contributed by atoms with van der Waals surface area (Å²) < 4.78 is 14.3. The topological polar surface area (TPSA) is 58.2 Å². The van der Waals surface area contributed by atoms with E-state index < -0.39 is 17.6 Å². The molecule has 0 aliphatic heterocycles. The van der Waals surface area contributed by atoms with Crippen LogP contribution in [0, 0.1) is 12.7 Å². The van der Waals surface area contributed by atoms with Crippen LogP contribution >= 0.6 is 15.9 Å². The zero-order valence-corrected chi connectivity index (χ0v) is 17.2. The Bertz CT molecular complexity index is 1060. The minimum absolute atomic E-state index is 0.0437. The molecule has 0 unspecified atom stereocenters. The van der Waals surface area contributed by atoms with Gasteiger partial charge in [-0.3, -0.25) is 9.59 Å². The number of hydrogen-bond donors (Lipinski definition) is 2. The Morgan fingerprint density at radius 1 is 0.966 bits per heavy atom. The normalized spacial score (nSPS) is 11.1. The van der Waals surface area contributed by atoms with Gasteiger partial charge >= 0.3 is 0 Å². The van der Waals surface area contributed by atoms with E-state index in [1.807, 2.05) is 31.2 Å². The van der Waals surface area contributed by atoms with Crippen molar-refractivity contribution in [1.82, 2.24) is 5.32 Å². The minimum Gasteiger partial charge on any atom is -0.321 e. The third-order valence-corrected chi connectivity index (χ3v) is 4.60. The third kappa shape index (κ3) is 5.86. The second-order valence-corrected chi connectivity index (χ2v) is 7.31. The summed E-state index contributed by atoms with van der Waals surface area (Å²) in [5.74, 6) is -1.44. The number of nitrogens with one attached hydrogen (secondary N) is 2. The van der Waals surface area contributed by atoms with Crippen LogP contribution in [0.3, 0.4) is 0 Å². The summed E-state index contributed by atoms with van der Waals surface area (Å²) in [6.45, 7) is 1.92. The molecule has 146 valence electrons. The van der Waals surface area contributed by atoms with Gasteiger partial charge in [0.15, 0.2) is 0 Å². The number of halogens is 2. The van der Waals surface area contributed by atoms with Crippen LogP contribution < -0.4 is 10.6 Å². The molecule has 0 aliphatic rings. The van der Waals surface area contributed by atoms with E-state index in [0.29, 0.717) is 11.3 Å². The molecule has 0 heterocycles. The van der Waals surface area contributed by atoms with Crippen LogP contribution in [0.25, 0.3) is 6.08 Å². The van der Waals surface area contributed by atoms with Gasteiger partial charge in [0.2, 0.25) is 0 Å². The van der Waals surface area contributed by atoms with Gasteiger partial charge < -0.3 is 10.6 Å². The molecule has 0 spiro atoms. The van der Waals surface area contributed by atoms with E-state index in [4.69, 9.17) is 0 Å². The molecule has 0 fully saturated rings. The standard InChI is InChI=1S/C23H18BrFN2O2/c1-15-5-9-17(10-6-15)22(28)27-21(13-16-7-11-18(24)12-8-16)23(29)26-20-4-2-3-19(25)14-20/h2-14H,1H3,(H,26,29)(H,27,28)/b21-13-. The lowest BCUT2D eigenvalue weighted by molar-refractivity contribution is -0.113. The fraction of sp³-hybridized carbons (Fsp3) is 0.0435. The molecule has 0 atom stereocenters. The van der Waals surface area contributed by atoms with Crippen molar-refractivity contribution in [2.75, 3.05) is 5.32 Å². The maximum atomic E-state index is 13.4. The molecule has 3 aromatic rings. The smallest absolute Gasteiger partial charge is 0.272 e. The minimum atomic E-state index is -0.556. The molecule has 29 heavy (non-hydrogen) atoms. The van der Waals surface area contributed by atoms with Crippen LogP contribution in [0.15, 0.2) is 83.0 Å². The van der Waals surface area contributed by atoms with Crippen molar-refractivity contribution in [1.29, 1.82) is 0 Å². The highest BCUT2D eigenvalue weighted by atomic mass is 79.9. The van der Waals surface area contributed by atoms with Gasteiger partial charge in [0, 0.05) is 15.7 Å². The first-order chi connectivity index (χ1) is 13.9. The van der Waals surface area contributed by atoms with Crippen molar-refractivity contribution in [3.05, 3.63) is 105 Å². The van der Waals surface area contributed by atoms with E-state index in [9.17, 15) is 14.0 Å². The molecule has 0 saturated heterocycles. The van der Waals surface area contributed by atoms with Gasteiger partial charge in [0.05, 0.1) is 0 Å². The van der Waals surface area contributed by atoms with Crippen molar-refractivity contribution in [3.8, 4) is 0 Å². The molecule has 0 radical (unpaired) electrons. The fourth-order valence-electron chi connectivity index (χ4n) is 2.55. The van der Waals surface area contributed by atoms with Crippen LogP contribution in [0.4, 0.5) is 10.1 Å². The second-order valence-electron chi connectivity index (χ2n) is 6.39. The first kappa shape index (κ1) is 20.5. The van der Waals surface area contributed by atoms with Crippen molar-refractivity contribution < 1.29 is 14.0 Å². The maximum Gasteiger partial charge on any atom is 0.272 e. The van der Waals surface area contributed by atoms with Crippen molar-refractivity contribution in [2.45, 2.75) is 6.92 Å². The highest BCUT2D eigenvalue weighted by Crippen LogP contribution is 2.15. The van der Waals surface area contributed by atoms with Gasteiger partial charge in [-0.1, -0.05) is 51.8 Å². The zero-order chi connectivity index (χ0) is 20.8. The van der Waals surface area contributed by atoms with Crippen LogP contribution in [0.2, 0.25) is 0 Å². The molecule has 0 saturated carbocycles. The van der Waals surface area contributed by atoms with Gasteiger partial charge in [0.25, 0.3) is 11.8 Å². The van der Waals surface area contributed by atoms with E-state index in [-0.39, 0.29) is 5.70 Å². The Hall–Kier alpha value is -3.25. The molecule has 0 aromatic heterocycles. The van der Waals surface area contributed by atoms with Gasteiger partial charge in [-0.25, -0.2) is 4.39 Å². The highest BCUT2D eigenvalue weighted by molar-refractivity contribution is 9.10. The summed E-state index contributed by atoms with van der Waals surface area (Å²) in [6.07, 6.45) is 1.56. The lowest BCUT2D eigenvalue weighted by atomic mass is 10.1. The van der Waals surface area contributed by atoms with Crippen LogP contribution in [0.5, 0.6) is 0 Å². The third-order valence-electron chi connectivity index (χ3n) is 4.07. The molecule has 2 N–H and O–H groups in total. The quantitative estimate of drug-likeness (QED) is 0.515. The number of anilines is 1. The number of carbonyl (C=O) groups excluding carboxylic acids is 2. The Kier molecular flexibility index (Phi) is 6.57. The number of hydrogen-bond acceptors (Lipinski definition) is 2. The van der Waals surface area contributed by atoms with E-state index >= 15 is 0 Å². The molecule has 0 bridgehead atoms. The van der Waals surface area contributed by atoms with Crippen LogP contribution in [0.1, 0.15) is 21.5 Å². The second kappa shape index (κ2) is 9.30. The van der Waals surface area contributed by atoms with Crippen LogP contribution in [-0.4, -0.2) is 11.8 Å². The number of carbonyl (C=O) groups is 2. The van der Waals surface area contributed by atoms with E-state index in [1.165, 1.54) is 18.2 Å². The summed E-state index contributed by atoms with van der Waals surface area (Å²) in [5.41, 5.74) is 2.51. The Morgan fingerprint density at radius 2 is 1.66 bits per heavy atom. The Morgan fingerprint density at radius 3 is 2.31 bits per heavy atom. The predicted molar refractivity (Wildman–Crippen MR) is 116 cm³/mol. The summed E-state index contributed by atoms with van der Waals surface area (Å²) >= 11 is 3.36. The van der Waals surface area contributed by atoms with E-state index in [0.717, 1.165) is 15.6 Å². The number of amides is 2. The summed E-state index contributed by atoms with van der Waals surface area (Å²) in [7, 11) is 0. The van der Waals surface area contributed by atoms with Gasteiger partial charge in [-0.2, -0.15) is 0 Å². The average Bonchev–Trinajstić information content (AvgIpc) is 2.69. The highest BCUT2D eigenvalue weighted by Gasteiger charge is 2.15. The summed E-state index contributed by atoms with van der Waals surface area (Å²) in [4.78, 5) is 25.4. The average molecular weight is 453 g/mol. The number of aryl methyl sites for hydroxylation is 1. The fourth-order valence-corrected chi connectivity index (χ4v) is 2.81. The van der Waals surface area contributed by atoms with E-state index in [1.54, 1.807) is 36.4 Å². The lowest BCUT2D eigenvalue weighted by Gasteiger charge is -2.12. The van der Waals surface area contributed by atoms with E-state index in [2.05, 4.69) is 26.6 Å². The van der Waals surface area contributed by atoms with Crippen LogP contribution in [-0.2, 0) is 4.79 Å². The monoisotopic (exact) mass is 452 g/mol. The predicted octanol–water partition coefficient (Wildman–Crippen LogP) is 5.31. The molecule has 2 amide bonds. The van der Waals surface area contributed by atoms with Crippen molar-refractivity contribution in [3.63, 3.8) is 0 Å². The summed E-state index contributed by atoms with van der Waals surface area (Å²) in [6, 6.07) is 19.8. The largest absolute Gasteiger partial charge is 0.321 e. The maximum absolute atomic E-state index is 13.4.